The maximum atomic E-state index is 11.6. The molecule has 100 valence electrons. The van der Waals surface area contributed by atoms with Crippen molar-refractivity contribution in [3.05, 3.63) is 35.9 Å². The van der Waals surface area contributed by atoms with E-state index in [1.54, 1.807) is 0 Å². The van der Waals surface area contributed by atoms with Gasteiger partial charge < -0.3 is 9.84 Å². The van der Waals surface area contributed by atoms with Crippen LogP contribution in [0.1, 0.15) is 12.0 Å². The van der Waals surface area contributed by atoms with Gasteiger partial charge in [0.1, 0.15) is 6.04 Å². The van der Waals surface area contributed by atoms with Gasteiger partial charge in [0.2, 0.25) is 0 Å². The van der Waals surface area contributed by atoms with Crippen molar-refractivity contribution in [1.29, 1.82) is 0 Å². The summed E-state index contributed by atoms with van der Waals surface area (Å²) in [6.07, 6.45) is -0.00164. The van der Waals surface area contributed by atoms with Crippen LogP contribution in [-0.4, -0.2) is 41.8 Å². The average Bonchev–Trinajstić information content (AvgIpc) is 2.71. The number of aliphatic hydroxyl groups is 1. The van der Waals surface area contributed by atoms with Gasteiger partial charge in [-0.25, -0.2) is 0 Å². The first-order valence-electron chi connectivity index (χ1n) is 5.76. The first kappa shape index (κ1) is 15.0. The topological polar surface area (TPSA) is 49.8 Å². The van der Waals surface area contributed by atoms with Crippen LogP contribution >= 0.6 is 12.4 Å². The number of nitrogens with zero attached hydrogens (tertiary/aromatic N) is 1. The Hall–Kier alpha value is -1.10. The fourth-order valence-corrected chi connectivity index (χ4v) is 2.26. The van der Waals surface area contributed by atoms with Crippen molar-refractivity contribution in [2.24, 2.45) is 0 Å². The van der Waals surface area contributed by atoms with E-state index in [0.29, 0.717) is 13.0 Å². The van der Waals surface area contributed by atoms with Crippen LogP contribution in [0, 0.1) is 0 Å². The summed E-state index contributed by atoms with van der Waals surface area (Å²) >= 11 is 0. The Morgan fingerprint density at radius 2 is 2.11 bits per heavy atom. The lowest BCUT2D eigenvalue weighted by molar-refractivity contribution is -0.148. The highest BCUT2D eigenvalue weighted by atomic mass is 35.5. The molecule has 1 N–H and O–H groups in total. The smallest absolute Gasteiger partial charge is 0.325 e. The van der Waals surface area contributed by atoms with Crippen LogP contribution in [-0.2, 0) is 16.1 Å². The largest absolute Gasteiger partial charge is 0.468 e. The number of rotatable bonds is 3. The van der Waals surface area contributed by atoms with E-state index >= 15 is 0 Å². The van der Waals surface area contributed by atoms with E-state index in [1.807, 2.05) is 35.2 Å². The highest BCUT2D eigenvalue weighted by Gasteiger charge is 2.38. The van der Waals surface area contributed by atoms with E-state index in [1.165, 1.54) is 7.11 Å². The minimum atomic E-state index is -0.619. The molecular weight excluding hydrogens is 254 g/mol. The minimum Gasteiger partial charge on any atom is -0.468 e. The number of carbonyl (C=O) groups excluding carboxylic acids is 1. The maximum absolute atomic E-state index is 11.6. The molecule has 0 spiro atoms. The first-order valence-corrected chi connectivity index (χ1v) is 5.76. The molecule has 1 saturated heterocycles. The SMILES string of the molecule is COC(=O)[C@@H]1C(O)CCN1Cc1ccccc1.Cl. The molecular formula is C13H18ClNO3. The van der Waals surface area contributed by atoms with Crippen molar-refractivity contribution < 1.29 is 14.6 Å². The van der Waals surface area contributed by atoms with E-state index in [2.05, 4.69) is 0 Å². The Labute approximate surface area is 113 Å². The molecule has 0 bridgehead atoms. The van der Waals surface area contributed by atoms with Gasteiger partial charge in [-0.15, -0.1) is 12.4 Å². The molecule has 1 aliphatic heterocycles. The molecule has 0 saturated carbocycles. The van der Waals surface area contributed by atoms with Gasteiger partial charge in [-0.1, -0.05) is 30.3 Å². The van der Waals surface area contributed by atoms with Crippen molar-refractivity contribution in [1.82, 2.24) is 4.90 Å². The highest BCUT2D eigenvalue weighted by molar-refractivity contribution is 5.85. The third kappa shape index (κ3) is 3.22. The van der Waals surface area contributed by atoms with Gasteiger partial charge in [0.15, 0.2) is 0 Å². The number of hydrogen-bond donors (Lipinski definition) is 1. The molecule has 1 aliphatic rings. The van der Waals surface area contributed by atoms with E-state index < -0.39 is 12.1 Å². The molecule has 0 aromatic heterocycles. The Kier molecular flexibility index (Phi) is 5.59. The summed E-state index contributed by atoms with van der Waals surface area (Å²) in [4.78, 5) is 13.6. The molecule has 0 radical (unpaired) electrons. The molecule has 5 heteroatoms. The summed E-state index contributed by atoms with van der Waals surface area (Å²) < 4.78 is 4.73. The second-order valence-electron chi connectivity index (χ2n) is 4.28. The third-order valence-electron chi connectivity index (χ3n) is 3.14. The van der Waals surface area contributed by atoms with Crippen LogP contribution < -0.4 is 0 Å². The molecule has 2 rings (SSSR count). The van der Waals surface area contributed by atoms with Crippen LogP contribution in [0.4, 0.5) is 0 Å². The zero-order chi connectivity index (χ0) is 12.3. The first-order chi connectivity index (χ1) is 8.22. The minimum absolute atomic E-state index is 0. The van der Waals surface area contributed by atoms with E-state index in [9.17, 15) is 9.90 Å². The summed E-state index contributed by atoms with van der Waals surface area (Å²) in [5.41, 5.74) is 1.13. The number of halogens is 1. The number of hydrogen-bond acceptors (Lipinski definition) is 4. The number of likely N-dealkylation sites (tertiary alicyclic amines) is 1. The standard InChI is InChI=1S/C13H17NO3.ClH/c1-17-13(16)12-11(15)7-8-14(12)9-10-5-3-2-4-6-10;/h2-6,11-12,15H,7-9H2,1H3;1H/t11?,12-;/m0./s1. The van der Waals surface area contributed by atoms with Crippen LogP contribution in [0.2, 0.25) is 0 Å². The predicted molar refractivity (Wildman–Crippen MR) is 70.5 cm³/mol. The molecule has 1 unspecified atom stereocenters. The normalized spacial score (nSPS) is 23.4. The van der Waals surface area contributed by atoms with Crippen molar-refractivity contribution in [3.8, 4) is 0 Å². The van der Waals surface area contributed by atoms with Crippen LogP contribution in [0.3, 0.4) is 0 Å². The van der Waals surface area contributed by atoms with Crippen molar-refractivity contribution in [3.63, 3.8) is 0 Å². The molecule has 0 aliphatic carbocycles. The van der Waals surface area contributed by atoms with Crippen molar-refractivity contribution in [2.75, 3.05) is 13.7 Å². The molecule has 1 aromatic rings. The monoisotopic (exact) mass is 271 g/mol. The zero-order valence-corrected chi connectivity index (χ0v) is 11.1. The fraction of sp³-hybridized carbons (Fsp3) is 0.462. The van der Waals surface area contributed by atoms with E-state index in [0.717, 1.165) is 12.1 Å². The number of methoxy groups -OCH3 is 1. The van der Waals surface area contributed by atoms with Gasteiger partial charge in [-0.05, 0) is 12.0 Å². The average molecular weight is 272 g/mol. The summed E-state index contributed by atoms with van der Waals surface area (Å²) in [6.45, 7) is 1.38. The maximum Gasteiger partial charge on any atom is 0.325 e. The lowest BCUT2D eigenvalue weighted by Crippen LogP contribution is -2.42. The lowest BCUT2D eigenvalue weighted by Gasteiger charge is -2.23. The molecule has 18 heavy (non-hydrogen) atoms. The van der Waals surface area contributed by atoms with Crippen LogP contribution in [0.5, 0.6) is 0 Å². The van der Waals surface area contributed by atoms with Gasteiger partial charge >= 0.3 is 5.97 Å². The molecule has 4 nitrogen and oxygen atoms in total. The quantitative estimate of drug-likeness (QED) is 0.840. The second-order valence-corrected chi connectivity index (χ2v) is 4.28. The van der Waals surface area contributed by atoms with Gasteiger partial charge in [0, 0.05) is 13.1 Å². The molecule has 1 aromatic carbocycles. The van der Waals surface area contributed by atoms with Gasteiger partial charge in [0.05, 0.1) is 13.2 Å². The Balaban J connectivity index is 0.00000162. The summed E-state index contributed by atoms with van der Waals surface area (Å²) in [7, 11) is 1.36. The number of carbonyl (C=O) groups is 1. The van der Waals surface area contributed by atoms with Crippen molar-refractivity contribution >= 4 is 18.4 Å². The zero-order valence-electron chi connectivity index (χ0n) is 10.3. The van der Waals surface area contributed by atoms with Gasteiger partial charge in [0.25, 0.3) is 0 Å². The Morgan fingerprint density at radius 1 is 1.44 bits per heavy atom. The molecule has 2 atom stereocenters. The summed E-state index contributed by atoms with van der Waals surface area (Å²) in [6, 6.07) is 9.39. The van der Waals surface area contributed by atoms with Gasteiger partial charge in [-0.2, -0.15) is 0 Å². The van der Waals surface area contributed by atoms with Crippen molar-refractivity contribution in [2.45, 2.75) is 25.1 Å². The number of ether oxygens (including phenoxy) is 1. The molecule has 0 amide bonds. The predicted octanol–water partition coefficient (Wildman–Crippen LogP) is 1.22. The second kappa shape index (κ2) is 6.73. The Morgan fingerprint density at radius 3 is 2.72 bits per heavy atom. The summed E-state index contributed by atoms with van der Waals surface area (Å²) in [5.74, 6) is -0.356. The number of aliphatic hydroxyl groups excluding tert-OH is 1. The Bertz CT molecular complexity index is 385. The third-order valence-corrected chi connectivity index (χ3v) is 3.14. The number of benzene rings is 1. The molecule has 1 heterocycles. The lowest BCUT2D eigenvalue weighted by atomic mass is 10.1. The van der Waals surface area contributed by atoms with E-state index in [4.69, 9.17) is 4.74 Å². The van der Waals surface area contributed by atoms with Gasteiger partial charge in [-0.3, -0.25) is 9.69 Å². The number of esters is 1. The van der Waals surface area contributed by atoms with Crippen LogP contribution in [0.25, 0.3) is 0 Å². The van der Waals surface area contributed by atoms with Crippen LogP contribution in [0.15, 0.2) is 30.3 Å². The van der Waals surface area contributed by atoms with E-state index in [-0.39, 0.29) is 18.4 Å². The highest BCUT2D eigenvalue weighted by Crippen LogP contribution is 2.21. The molecule has 1 fully saturated rings. The fourth-order valence-electron chi connectivity index (χ4n) is 2.26. The summed E-state index contributed by atoms with van der Waals surface area (Å²) in [5, 5.41) is 9.80.